The van der Waals surface area contributed by atoms with Crippen LogP contribution in [0.1, 0.15) is 40.2 Å². The summed E-state index contributed by atoms with van der Waals surface area (Å²) in [6.45, 7) is 3.33. The zero-order chi connectivity index (χ0) is 20.6. The maximum absolute atomic E-state index is 12.1. The van der Waals surface area contributed by atoms with Crippen molar-refractivity contribution in [2.45, 2.75) is 32.6 Å². The molecular weight excluding hydrogens is 404 g/mol. The summed E-state index contributed by atoms with van der Waals surface area (Å²) < 4.78 is 30.8. The molecule has 0 atom stereocenters. The van der Waals surface area contributed by atoms with Crippen molar-refractivity contribution >= 4 is 38.8 Å². The Morgan fingerprint density at radius 1 is 1.11 bits per heavy atom. The van der Waals surface area contributed by atoms with E-state index in [0.717, 1.165) is 4.88 Å². The van der Waals surface area contributed by atoms with Crippen molar-refractivity contribution in [3.8, 4) is 0 Å². The van der Waals surface area contributed by atoms with Crippen molar-refractivity contribution in [1.82, 2.24) is 9.62 Å². The smallest absolute Gasteiger partial charge is 0.220 e. The number of rotatable bonds is 11. The van der Waals surface area contributed by atoms with E-state index >= 15 is 0 Å². The van der Waals surface area contributed by atoms with Crippen LogP contribution in [0.25, 0.3) is 0 Å². The van der Waals surface area contributed by atoms with Crippen molar-refractivity contribution in [3.05, 3.63) is 21.9 Å². The minimum absolute atomic E-state index is 0.00291. The molecule has 0 radical (unpaired) electrons. The molecule has 2 heterocycles. The highest BCUT2D eigenvalue weighted by Gasteiger charge is 2.24. The van der Waals surface area contributed by atoms with Crippen molar-refractivity contribution in [2.24, 2.45) is 0 Å². The van der Waals surface area contributed by atoms with Crippen molar-refractivity contribution in [1.29, 1.82) is 0 Å². The Morgan fingerprint density at radius 3 is 2.43 bits per heavy atom. The summed E-state index contributed by atoms with van der Waals surface area (Å²) in [5, 5.41) is 2.53. The Labute approximate surface area is 169 Å². The quantitative estimate of drug-likeness (QED) is 0.527. The van der Waals surface area contributed by atoms with Gasteiger partial charge in [-0.05, 0) is 19.1 Å². The van der Waals surface area contributed by atoms with Gasteiger partial charge in [-0.1, -0.05) is 0 Å². The molecule has 28 heavy (non-hydrogen) atoms. The van der Waals surface area contributed by atoms with Crippen LogP contribution < -0.4 is 5.32 Å². The third-order valence-corrected chi connectivity index (χ3v) is 7.24. The number of thiophene rings is 1. The number of amides is 1. The SMILES string of the molecule is Cc1ccc(C(=O)CCC(=O)CCC(=O)NCCS(=O)(=O)N2CCOCC2)s1. The fourth-order valence-electron chi connectivity index (χ4n) is 2.70. The molecule has 1 aliphatic heterocycles. The lowest BCUT2D eigenvalue weighted by atomic mass is 10.1. The first-order chi connectivity index (χ1) is 13.3. The molecule has 0 saturated carbocycles. The summed E-state index contributed by atoms with van der Waals surface area (Å²) in [6, 6.07) is 3.62. The first kappa shape index (κ1) is 22.7. The van der Waals surface area contributed by atoms with Gasteiger partial charge < -0.3 is 10.1 Å². The van der Waals surface area contributed by atoms with E-state index in [1.165, 1.54) is 15.6 Å². The predicted molar refractivity (Wildman–Crippen MR) is 106 cm³/mol. The lowest BCUT2D eigenvalue weighted by molar-refractivity contribution is -0.125. The van der Waals surface area contributed by atoms with E-state index in [1.807, 2.05) is 13.0 Å². The molecule has 1 saturated heterocycles. The minimum atomic E-state index is -3.42. The van der Waals surface area contributed by atoms with Crippen LogP contribution in [0.5, 0.6) is 0 Å². The van der Waals surface area contributed by atoms with Crippen LogP contribution in [0.4, 0.5) is 0 Å². The maximum atomic E-state index is 12.1. The summed E-state index contributed by atoms with van der Waals surface area (Å²) in [4.78, 5) is 37.4. The van der Waals surface area contributed by atoms with Gasteiger partial charge in [0.1, 0.15) is 5.78 Å². The second kappa shape index (κ2) is 10.8. The highest BCUT2D eigenvalue weighted by atomic mass is 32.2. The second-order valence-electron chi connectivity index (χ2n) is 6.55. The summed E-state index contributed by atoms with van der Waals surface area (Å²) in [5.74, 6) is -0.769. The standard InChI is InChI=1S/C18H26N2O6S2/c1-14-2-6-17(27-14)16(22)5-3-15(21)4-7-18(23)19-8-13-28(24,25)20-9-11-26-12-10-20/h2,6H,3-5,7-13H2,1H3,(H,19,23). The number of hydrogen-bond acceptors (Lipinski definition) is 7. The third-order valence-electron chi connectivity index (χ3n) is 4.32. The minimum Gasteiger partial charge on any atom is -0.379 e. The maximum Gasteiger partial charge on any atom is 0.220 e. The number of carbonyl (C=O) groups is 3. The fraction of sp³-hybridized carbons (Fsp3) is 0.611. The number of sulfonamides is 1. The van der Waals surface area contributed by atoms with Gasteiger partial charge in [0.25, 0.3) is 0 Å². The second-order valence-corrected chi connectivity index (χ2v) is 9.93. The van der Waals surface area contributed by atoms with E-state index in [2.05, 4.69) is 5.32 Å². The van der Waals surface area contributed by atoms with E-state index in [1.54, 1.807) is 6.07 Å². The van der Waals surface area contributed by atoms with Crippen LogP contribution >= 0.6 is 11.3 Å². The van der Waals surface area contributed by atoms with Gasteiger partial charge >= 0.3 is 0 Å². The molecular formula is C18H26N2O6S2. The number of Topliss-reactive ketones (excluding diaryl/α,β-unsaturated/α-hetero) is 2. The third kappa shape index (κ3) is 7.42. The number of ether oxygens (including phenoxy) is 1. The van der Waals surface area contributed by atoms with E-state index in [9.17, 15) is 22.8 Å². The van der Waals surface area contributed by atoms with Gasteiger partial charge in [-0.3, -0.25) is 14.4 Å². The molecule has 1 aromatic rings. The number of ketones is 2. The molecule has 1 amide bonds. The normalized spacial score (nSPS) is 15.3. The van der Waals surface area contributed by atoms with Crippen molar-refractivity contribution in [3.63, 3.8) is 0 Å². The molecule has 0 aromatic carbocycles. The molecule has 0 aliphatic carbocycles. The summed E-state index contributed by atoms with van der Waals surface area (Å²) >= 11 is 1.40. The number of nitrogens with one attached hydrogen (secondary N) is 1. The molecule has 8 nitrogen and oxygen atoms in total. The molecule has 1 aromatic heterocycles. The molecule has 1 N–H and O–H groups in total. The van der Waals surface area contributed by atoms with E-state index in [0.29, 0.717) is 31.2 Å². The van der Waals surface area contributed by atoms with Crippen LogP contribution in [0.3, 0.4) is 0 Å². The largest absolute Gasteiger partial charge is 0.379 e. The Morgan fingerprint density at radius 2 is 1.79 bits per heavy atom. The molecule has 0 spiro atoms. The summed E-state index contributed by atoms with van der Waals surface area (Å²) in [6.07, 6.45) is 0.272. The van der Waals surface area contributed by atoms with Crippen molar-refractivity contribution in [2.75, 3.05) is 38.6 Å². The molecule has 1 fully saturated rings. The van der Waals surface area contributed by atoms with Crippen LogP contribution in [0.2, 0.25) is 0 Å². The lowest BCUT2D eigenvalue weighted by Gasteiger charge is -2.26. The van der Waals surface area contributed by atoms with Crippen LogP contribution in [0.15, 0.2) is 12.1 Å². The highest BCUT2D eigenvalue weighted by Crippen LogP contribution is 2.17. The number of morpholine rings is 1. The Kier molecular flexibility index (Phi) is 8.74. The molecule has 156 valence electrons. The summed E-state index contributed by atoms with van der Waals surface area (Å²) in [7, 11) is -3.42. The van der Waals surface area contributed by atoms with Gasteiger partial charge in [0.15, 0.2) is 5.78 Å². The monoisotopic (exact) mass is 430 g/mol. The van der Waals surface area contributed by atoms with Gasteiger partial charge in [-0.2, -0.15) is 4.31 Å². The lowest BCUT2D eigenvalue weighted by Crippen LogP contribution is -2.43. The topological polar surface area (TPSA) is 110 Å². The summed E-state index contributed by atoms with van der Waals surface area (Å²) in [5.41, 5.74) is 0. The van der Waals surface area contributed by atoms with Crippen molar-refractivity contribution < 1.29 is 27.5 Å². The van der Waals surface area contributed by atoms with Gasteiger partial charge in [0, 0.05) is 50.2 Å². The average Bonchev–Trinajstić information content (AvgIpc) is 3.11. The average molecular weight is 431 g/mol. The number of carbonyl (C=O) groups excluding carboxylic acids is 3. The molecule has 2 rings (SSSR count). The molecule has 10 heteroatoms. The van der Waals surface area contributed by atoms with E-state index < -0.39 is 10.0 Å². The van der Waals surface area contributed by atoms with Gasteiger partial charge in [-0.15, -0.1) is 11.3 Å². The number of aryl methyl sites for hydroxylation is 1. The van der Waals surface area contributed by atoms with Crippen LogP contribution in [-0.4, -0.2) is 68.8 Å². The van der Waals surface area contributed by atoms with E-state index in [4.69, 9.17) is 4.74 Å². The molecule has 0 unspecified atom stereocenters. The zero-order valence-electron chi connectivity index (χ0n) is 15.9. The van der Waals surface area contributed by atoms with E-state index in [-0.39, 0.29) is 55.5 Å². The highest BCUT2D eigenvalue weighted by molar-refractivity contribution is 7.89. The van der Waals surface area contributed by atoms with Gasteiger partial charge in [0.05, 0.1) is 23.8 Å². The van der Waals surface area contributed by atoms with Gasteiger partial charge in [-0.25, -0.2) is 8.42 Å². The first-order valence-corrected chi connectivity index (χ1v) is 11.6. The Bertz CT molecular complexity index is 797. The van der Waals surface area contributed by atoms with Crippen LogP contribution in [-0.2, 0) is 24.3 Å². The first-order valence-electron chi connectivity index (χ1n) is 9.21. The predicted octanol–water partition coefficient (Wildman–Crippen LogP) is 1.15. The number of nitrogens with zero attached hydrogens (tertiary/aromatic N) is 1. The zero-order valence-corrected chi connectivity index (χ0v) is 17.6. The molecule has 1 aliphatic rings. The van der Waals surface area contributed by atoms with Gasteiger partial charge in [0.2, 0.25) is 15.9 Å². The molecule has 0 bridgehead atoms. The number of hydrogen-bond donors (Lipinski definition) is 1. The Balaban J connectivity index is 1.61. The van der Waals surface area contributed by atoms with Crippen LogP contribution in [0, 0.1) is 6.92 Å². The fourth-order valence-corrected chi connectivity index (χ4v) is 4.86. The Hall–Kier alpha value is -1.62.